The number of benzene rings is 1. The molecule has 4 heterocycles. The number of alkyl halides is 2. The molecule has 0 atom stereocenters. The van der Waals surface area contributed by atoms with Gasteiger partial charge in [-0.2, -0.15) is 4.98 Å². The van der Waals surface area contributed by atoms with E-state index in [1.165, 1.54) is 18.3 Å². The number of halogens is 3. The average Bonchev–Trinajstić information content (AvgIpc) is 3.19. The Morgan fingerprint density at radius 3 is 2.61 bits per heavy atom. The summed E-state index contributed by atoms with van der Waals surface area (Å²) in [5.41, 5.74) is 1.02. The number of anilines is 2. The fourth-order valence-electron chi connectivity index (χ4n) is 3.26. The summed E-state index contributed by atoms with van der Waals surface area (Å²) in [6.45, 7) is 0. The van der Waals surface area contributed by atoms with Crippen molar-refractivity contribution in [3.8, 4) is 11.4 Å². The van der Waals surface area contributed by atoms with Gasteiger partial charge in [-0.25, -0.2) is 23.1 Å². The second-order valence-corrected chi connectivity index (χ2v) is 6.96. The molecule has 5 rings (SSSR count). The Morgan fingerprint density at radius 1 is 1.00 bits per heavy atom. The van der Waals surface area contributed by atoms with Crippen LogP contribution in [0, 0.1) is 0 Å². The molecule has 5 aromatic rings. The van der Waals surface area contributed by atoms with E-state index in [-0.39, 0.29) is 11.0 Å². The van der Waals surface area contributed by atoms with Crippen LogP contribution in [0.4, 0.5) is 20.4 Å². The van der Waals surface area contributed by atoms with E-state index in [1.54, 1.807) is 21.6 Å². The maximum Gasteiger partial charge on any atom is 0.280 e. The van der Waals surface area contributed by atoms with Gasteiger partial charge in [-0.3, -0.25) is 4.98 Å². The van der Waals surface area contributed by atoms with Crippen molar-refractivity contribution >= 4 is 39.9 Å². The lowest BCUT2D eigenvalue weighted by Gasteiger charge is -2.19. The summed E-state index contributed by atoms with van der Waals surface area (Å²) in [6, 6.07) is 12.1. The molecule has 0 aliphatic heterocycles. The summed E-state index contributed by atoms with van der Waals surface area (Å²) in [6.07, 6.45) is 0.287. The molecule has 31 heavy (non-hydrogen) atoms. The van der Waals surface area contributed by atoms with Crippen molar-refractivity contribution in [2.24, 2.45) is 0 Å². The highest BCUT2D eigenvalue weighted by atomic mass is 35.5. The van der Waals surface area contributed by atoms with Crippen LogP contribution in [0.15, 0.2) is 54.9 Å². The smallest absolute Gasteiger partial charge is 0.280 e. The first-order chi connectivity index (χ1) is 15.0. The minimum absolute atomic E-state index is 0.219. The predicted octanol–water partition coefficient (Wildman–Crippen LogP) is 4.49. The van der Waals surface area contributed by atoms with Crippen molar-refractivity contribution in [3.05, 3.63) is 65.8 Å². The molecule has 1 aromatic carbocycles. The fraction of sp³-hybridized carbons (Fsp3) is 0.100. The second-order valence-electron chi connectivity index (χ2n) is 6.63. The van der Waals surface area contributed by atoms with E-state index in [0.717, 1.165) is 10.9 Å². The molecule has 0 fully saturated rings. The van der Waals surface area contributed by atoms with Crippen LogP contribution in [0.25, 0.3) is 28.1 Å². The van der Waals surface area contributed by atoms with Gasteiger partial charge in [-0.1, -0.05) is 12.1 Å². The topological polar surface area (TPSA) is 85.0 Å². The lowest BCUT2D eigenvalue weighted by atomic mass is 10.2. The van der Waals surface area contributed by atoms with Gasteiger partial charge in [0, 0.05) is 30.4 Å². The van der Waals surface area contributed by atoms with Crippen molar-refractivity contribution in [2.45, 2.75) is 6.43 Å². The molecule has 0 bridgehead atoms. The first kappa shape index (κ1) is 19.2. The van der Waals surface area contributed by atoms with Gasteiger partial charge in [-0.15, -0.1) is 10.2 Å². The van der Waals surface area contributed by atoms with E-state index in [4.69, 9.17) is 11.6 Å². The Hall–Kier alpha value is -3.79. The molecule has 0 amide bonds. The third-order valence-electron chi connectivity index (χ3n) is 4.77. The maximum atomic E-state index is 12.8. The zero-order chi connectivity index (χ0) is 21.5. The van der Waals surface area contributed by atoms with Gasteiger partial charge in [0.05, 0.1) is 5.52 Å². The van der Waals surface area contributed by atoms with Gasteiger partial charge in [0.2, 0.25) is 5.28 Å². The van der Waals surface area contributed by atoms with Crippen molar-refractivity contribution < 1.29 is 8.78 Å². The molecule has 0 saturated carbocycles. The Balaban J connectivity index is 1.60. The number of pyridine rings is 1. The maximum absolute atomic E-state index is 12.8. The number of nitrogens with zero attached hydrogens (tertiary/aromatic N) is 8. The van der Waals surface area contributed by atoms with Crippen LogP contribution in [0.2, 0.25) is 5.28 Å². The molecule has 11 heteroatoms. The van der Waals surface area contributed by atoms with Gasteiger partial charge in [0.25, 0.3) is 12.2 Å². The third-order valence-corrected chi connectivity index (χ3v) is 5.01. The molecule has 0 aliphatic carbocycles. The molecule has 0 aliphatic rings. The van der Waals surface area contributed by atoms with Gasteiger partial charge in [-0.05, 0) is 41.9 Å². The van der Waals surface area contributed by atoms with Crippen LogP contribution in [-0.2, 0) is 0 Å². The van der Waals surface area contributed by atoms with Gasteiger partial charge in [0.15, 0.2) is 5.82 Å². The predicted molar refractivity (Wildman–Crippen MR) is 112 cm³/mol. The molecule has 0 radical (unpaired) electrons. The Kier molecular flexibility index (Phi) is 4.63. The minimum atomic E-state index is -2.63. The highest BCUT2D eigenvalue weighted by Gasteiger charge is 2.18. The summed E-state index contributed by atoms with van der Waals surface area (Å²) < 4.78 is 27.2. The molecule has 154 valence electrons. The SMILES string of the molecule is CN(c1ccnc(-c2ccc(C(F)F)nc2)n1)c1nc2nnc(Cl)n2c2ccccc12. The quantitative estimate of drug-likeness (QED) is 0.408. The lowest BCUT2D eigenvalue weighted by molar-refractivity contribution is 0.146. The normalized spacial score (nSPS) is 11.5. The summed E-state index contributed by atoms with van der Waals surface area (Å²) in [4.78, 5) is 19.0. The Labute approximate surface area is 179 Å². The van der Waals surface area contributed by atoms with E-state index < -0.39 is 6.43 Å². The van der Waals surface area contributed by atoms with E-state index in [1.807, 2.05) is 31.3 Å². The summed E-state index contributed by atoms with van der Waals surface area (Å²) in [7, 11) is 1.81. The number of aromatic nitrogens is 7. The molecule has 0 saturated heterocycles. The summed E-state index contributed by atoms with van der Waals surface area (Å²) in [5, 5.41) is 8.98. The van der Waals surface area contributed by atoms with Crippen LogP contribution >= 0.6 is 11.6 Å². The van der Waals surface area contributed by atoms with Crippen LogP contribution < -0.4 is 4.90 Å². The zero-order valence-corrected chi connectivity index (χ0v) is 16.7. The first-order valence-corrected chi connectivity index (χ1v) is 9.51. The van der Waals surface area contributed by atoms with E-state index in [9.17, 15) is 8.78 Å². The largest absolute Gasteiger partial charge is 0.313 e. The highest BCUT2D eigenvalue weighted by molar-refractivity contribution is 6.29. The molecule has 4 aromatic heterocycles. The minimum Gasteiger partial charge on any atom is -0.313 e. The molecular formula is C20H13ClF2N8. The van der Waals surface area contributed by atoms with E-state index >= 15 is 0 Å². The number of rotatable bonds is 4. The molecule has 0 unspecified atom stereocenters. The third kappa shape index (κ3) is 3.30. The Bertz CT molecular complexity index is 1400. The molecule has 8 nitrogen and oxygen atoms in total. The molecule has 0 N–H and O–H groups in total. The number of hydrogen-bond acceptors (Lipinski definition) is 7. The van der Waals surface area contributed by atoms with E-state index in [2.05, 4.69) is 30.1 Å². The number of hydrogen-bond donors (Lipinski definition) is 0. The Morgan fingerprint density at radius 2 is 1.84 bits per heavy atom. The van der Waals surface area contributed by atoms with Crippen LogP contribution in [0.3, 0.4) is 0 Å². The van der Waals surface area contributed by atoms with Crippen LogP contribution in [0.5, 0.6) is 0 Å². The standard InChI is InChI=1S/C20H13ClF2N8/c1-30(15-8-9-24-17(26-15)11-6-7-13(16(22)23)25-10-11)18-12-4-2-3-5-14(12)31-19(21)28-29-20(31)27-18/h2-10,16H,1H3. The number of fused-ring (bicyclic) bond motifs is 3. The van der Waals surface area contributed by atoms with Crippen molar-refractivity contribution in [3.63, 3.8) is 0 Å². The van der Waals surface area contributed by atoms with Crippen molar-refractivity contribution in [1.29, 1.82) is 0 Å². The lowest BCUT2D eigenvalue weighted by Crippen LogP contribution is -2.15. The highest BCUT2D eigenvalue weighted by Crippen LogP contribution is 2.31. The second kappa shape index (κ2) is 7.47. The van der Waals surface area contributed by atoms with Crippen LogP contribution in [0.1, 0.15) is 12.1 Å². The average molecular weight is 439 g/mol. The molecular weight excluding hydrogens is 426 g/mol. The summed E-state index contributed by atoms with van der Waals surface area (Å²) >= 11 is 6.18. The first-order valence-electron chi connectivity index (χ1n) is 9.13. The van der Waals surface area contributed by atoms with Crippen LogP contribution in [-0.4, -0.2) is 41.6 Å². The van der Waals surface area contributed by atoms with E-state index in [0.29, 0.717) is 28.8 Å². The van der Waals surface area contributed by atoms with Crippen molar-refractivity contribution in [1.82, 2.24) is 34.5 Å². The number of para-hydroxylation sites is 1. The van der Waals surface area contributed by atoms with Gasteiger partial charge >= 0.3 is 0 Å². The molecule has 0 spiro atoms. The fourth-order valence-corrected chi connectivity index (χ4v) is 3.46. The van der Waals surface area contributed by atoms with Gasteiger partial charge < -0.3 is 4.90 Å². The monoisotopic (exact) mass is 438 g/mol. The zero-order valence-electron chi connectivity index (χ0n) is 16.0. The van der Waals surface area contributed by atoms with Crippen molar-refractivity contribution in [2.75, 3.05) is 11.9 Å². The summed E-state index contributed by atoms with van der Waals surface area (Å²) in [5.74, 6) is 1.86. The van der Waals surface area contributed by atoms with Gasteiger partial charge in [0.1, 0.15) is 17.3 Å².